The minimum absolute atomic E-state index is 0.0737. The van der Waals surface area contributed by atoms with Crippen molar-refractivity contribution in [3.05, 3.63) is 23.8 Å². The van der Waals surface area contributed by atoms with Gasteiger partial charge < -0.3 is 15.4 Å². The topological polar surface area (TPSA) is 68.5 Å². The molecule has 122 valence electrons. The van der Waals surface area contributed by atoms with E-state index in [4.69, 9.17) is 10.5 Å². The molecule has 7 heteroatoms. The summed E-state index contributed by atoms with van der Waals surface area (Å²) in [6.45, 7) is 5.76. The molecule has 22 heavy (non-hydrogen) atoms. The second kappa shape index (κ2) is 5.70. The van der Waals surface area contributed by atoms with Crippen LogP contribution >= 0.6 is 0 Å². The number of alkyl halides is 1. The minimum atomic E-state index is -1.71. The second-order valence-electron chi connectivity index (χ2n) is 6.52. The predicted molar refractivity (Wildman–Crippen MR) is 78.4 cm³/mol. The number of ether oxygens (including phenoxy) is 1. The number of nitrogens with two attached hydrogens (primary N) is 1. The molecule has 0 unspecified atom stereocenters. The van der Waals surface area contributed by atoms with Gasteiger partial charge in [0.15, 0.2) is 11.5 Å². The zero-order valence-electron chi connectivity index (χ0n) is 13.0. The van der Waals surface area contributed by atoms with Crippen molar-refractivity contribution in [1.82, 2.24) is 9.88 Å². The van der Waals surface area contributed by atoms with E-state index in [1.807, 2.05) is 0 Å². The number of nitrogen functional groups attached to an aromatic ring is 1. The summed E-state index contributed by atoms with van der Waals surface area (Å²) in [6, 6.07) is 1.22. The molecule has 0 radical (unpaired) electrons. The number of rotatable bonds is 1. The molecule has 5 nitrogen and oxygen atoms in total. The van der Waals surface area contributed by atoms with Crippen LogP contribution in [0.2, 0.25) is 0 Å². The van der Waals surface area contributed by atoms with Crippen LogP contribution in [-0.4, -0.2) is 34.7 Å². The van der Waals surface area contributed by atoms with Crippen LogP contribution in [0.1, 0.15) is 39.3 Å². The smallest absolute Gasteiger partial charge is 0.410 e. The molecule has 0 aliphatic carbocycles. The Morgan fingerprint density at radius 2 is 2.00 bits per heavy atom. The maximum atomic E-state index is 15.0. The van der Waals surface area contributed by atoms with Gasteiger partial charge in [-0.3, -0.25) is 4.98 Å². The number of aromatic nitrogens is 1. The molecule has 1 amide bonds. The highest BCUT2D eigenvalue weighted by Gasteiger charge is 2.40. The normalized spacial score (nSPS) is 18.1. The average molecular weight is 313 g/mol. The number of carbonyl (C=O) groups excluding carboxylic acids is 1. The van der Waals surface area contributed by atoms with E-state index in [-0.39, 0.29) is 37.3 Å². The van der Waals surface area contributed by atoms with Gasteiger partial charge in [0, 0.05) is 25.9 Å². The Balaban J connectivity index is 2.04. The molecule has 1 saturated heterocycles. The lowest BCUT2D eigenvalue weighted by atomic mass is 9.89. The number of pyridine rings is 1. The van der Waals surface area contributed by atoms with Crippen LogP contribution in [0.5, 0.6) is 0 Å². The summed E-state index contributed by atoms with van der Waals surface area (Å²) >= 11 is 0. The van der Waals surface area contributed by atoms with Crippen LogP contribution in [0.3, 0.4) is 0 Å². The lowest BCUT2D eigenvalue weighted by Gasteiger charge is -2.36. The van der Waals surface area contributed by atoms with E-state index in [1.165, 1.54) is 11.0 Å². The van der Waals surface area contributed by atoms with Gasteiger partial charge in [-0.1, -0.05) is 0 Å². The van der Waals surface area contributed by atoms with Crippen LogP contribution in [0.15, 0.2) is 12.3 Å². The van der Waals surface area contributed by atoms with Gasteiger partial charge in [0.1, 0.15) is 5.60 Å². The molecule has 1 aliphatic rings. The molecule has 0 saturated carbocycles. The van der Waals surface area contributed by atoms with Crippen molar-refractivity contribution in [1.29, 1.82) is 0 Å². The number of hydrogen-bond donors (Lipinski definition) is 1. The third-order valence-corrected chi connectivity index (χ3v) is 3.55. The summed E-state index contributed by atoms with van der Waals surface area (Å²) in [4.78, 5) is 17.2. The Labute approximate surface area is 128 Å². The highest BCUT2D eigenvalue weighted by Crippen LogP contribution is 2.37. The first-order valence-electron chi connectivity index (χ1n) is 7.19. The average Bonchev–Trinajstić information content (AvgIpc) is 2.40. The molecule has 0 aromatic carbocycles. The summed E-state index contributed by atoms with van der Waals surface area (Å²) in [5.74, 6) is -0.668. The largest absolute Gasteiger partial charge is 0.444 e. The van der Waals surface area contributed by atoms with Gasteiger partial charge in [-0.05, 0) is 26.8 Å². The van der Waals surface area contributed by atoms with Crippen molar-refractivity contribution in [3.63, 3.8) is 0 Å². The van der Waals surface area contributed by atoms with E-state index in [2.05, 4.69) is 4.98 Å². The van der Waals surface area contributed by atoms with Gasteiger partial charge in [-0.15, -0.1) is 0 Å². The molecule has 1 aliphatic heterocycles. The number of halogens is 2. The minimum Gasteiger partial charge on any atom is -0.444 e. The number of anilines is 1. The quantitative estimate of drug-likeness (QED) is 0.865. The monoisotopic (exact) mass is 313 g/mol. The summed E-state index contributed by atoms with van der Waals surface area (Å²) in [6.07, 6.45) is 0.613. The second-order valence-corrected chi connectivity index (χ2v) is 6.52. The molecule has 2 heterocycles. The van der Waals surface area contributed by atoms with Gasteiger partial charge in [0.2, 0.25) is 0 Å². The Bertz CT molecular complexity index is 564. The molecular formula is C15H21F2N3O2. The number of likely N-dealkylation sites (tertiary alicyclic amines) is 1. The van der Waals surface area contributed by atoms with Crippen LogP contribution in [-0.2, 0) is 10.4 Å². The molecule has 1 fully saturated rings. The maximum Gasteiger partial charge on any atom is 0.410 e. The first-order chi connectivity index (χ1) is 10.1. The van der Waals surface area contributed by atoms with E-state index >= 15 is 0 Å². The molecule has 0 atom stereocenters. The number of amides is 1. The number of piperidine rings is 1. The summed E-state index contributed by atoms with van der Waals surface area (Å²) in [5.41, 5.74) is 3.15. The van der Waals surface area contributed by atoms with E-state index in [0.717, 1.165) is 6.20 Å². The van der Waals surface area contributed by atoms with Gasteiger partial charge in [-0.2, -0.15) is 0 Å². The van der Waals surface area contributed by atoms with Crippen molar-refractivity contribution < 1.29 is 18.3 Å². The van der Waals surface area contributed by atoms with E-state index in [0.29, 0.717) is 0 Å². The first kappa shape index (κ1) is 16.5. The van der Waals surface area contributed by atoms with Crippen LogP contribution < -0.4 is 5.73 Å². The Kier molecular flexibility index (Phi) is 4.26. The van der Waals surface area contributed by atoms with Crippen molar-refractivity contribution in [2.75, 3.05) is 18.8 Å². The van der Waals surface area contributed by atoms with E-state index < -0.39 is 23.2 Å². The lowest BCUT2D eigenvalue weighted by Crippen LogP contribution is -2.45. The van der Waals surface area contributed by atoms with Gasteiger partial charge in [0.05, 0.1) is 17.6 Å². The number of hydrogen-bond acceptors (Lipinski definition) is 4. The van der Waals surface area contributed by atoms with Crippen LogP contribution in [0.4, 0.5) is 19.3 Å². The van der Waals surface area contributed by atoms with Gasteiger partial charge >= 0.3 is 6.09 Å². The number of carbonyl (C=O) groups is 1. The van der Waals surface area contributed by atoms with Crippen molar-refractivity contribution in [2.24, 2.45) is 0 Å². The lowest BCUT2D eigenvalue weighted by molar-refractivity contribution is 0.00126. The third kappa shape index (κ3) is 3.64. The Morgan fingerprint density at radius 3 is 2.50 bits per heavy atom. The summed E-state index contributed by atoms with van der Waals surface area (Å²) in [7, 11) is 0. The van der Waals surface area contributed by atoms with Crippen molar-refractivity contribution in [2.45, 2.75) is 44.9 Å². The highest BCUT2D eigenvalue weighted by atomic mass is 19.1. The molecule has 0 bridgehead atoms. The van der Waals surface area contributed by atoms with Crippen LogP contribution in [0.25, 0.3) is 0 Å². The Morgan fingerprint density at radius 1 is 1.41 bits per heavy atom. The maximum absolute atomic E-state index is 15.0. The predicted octanol–water partition coefficient (Wildman–Crippen LogP) is 3.00. The Hall–Kier alpha value is -1.92. The SMILES string of the molecule is CC(C)(C)OC(=O)N1CCC(F)(c2cc(N)c(F)cn2)CC1. The van der Waals surface area contributed by atoms with Gasteiger partial charge in [0.25, 0.3) is 0 Å². The first-order valence-corrected chi connectivity index (χ1v) is 7.19. The molecule has 2 rings (SSSR count). The molecular weight excluding hydrogens is 292 g/mol. The fourth-order valence-corrected chi connectivity index (χ4v) is 2.33. The number of nitrogens with zero attached hydrogens (tertiary/aromatic N) is 2. The molecule has 1 aromatic heterocycles. The fraction of sp³-hybridized carbons (Fsp3) is 0.600. The molecule has 2 N–H and O–H groups in total. The molecule has 0 spiro atoms. The van der Waals surface area contributed by atoms with E-state index in [1.54, 1.807) is 20.8 Å². The zero-order valence-corrected chi connectivity index (χ0v) is 13.0. The standard InChI is InChI=1S/C15H21F2N3O2/c1-14(2,3)22-13(21)20-6-4-15(17,5-7-20)12-8-11(18)10(16)9-19-12/h8-9H,4-7H2,1-3H3,(H2,18,19). The summed E-state index contributed by atoms with van der Waals surface area (Å²) in [5, 5.41) is 0. The zero-order chi connectivity index (χ0) is 16.5. The molecule has 1 aromatic rings. The third-order valence-electron chi connectivity index (χ3n) is 3.55. The fourth-order valence-electron chi connectivity index (χ4n) is 2.33. The summed E-state index contributed by atoms with van der Waals surface area (Å²) < 4.78 is 33.4. The van der Waals surface area contributed by atoms with Crippen molar-refractivity contribution in [3.8, 4) is 0 Å². The van der Waals surface area contributed by atoms with Crippen molar-refractivity contribution >= 4 is 11.8 Å². The van der Waals surface area contributed by atoms with E-state index in [9.17, 15) is 13.6 Å². The van der Waals surface area contributed by atoms with Gasteiger partial charge in [-0.25, -0.2) is 13.6 Å². The highest BCUT2D eigenvalue weighted by molar-refractivity contribution is 5.68. The van der Waals surface area contributed by atoms with Crippen LogP contribution in [0, 0.1) is 5.82 Å².